The Hall–Kier alpha value is -0.850. The van der Waals surface area contributed by atoms with E-state index in [1.807, 2.05) is 34.6 Å². The summed E-state index contributed by atoms with van der Waals surface area (Å²) in [6, 6.07) is 1.56. The molecule has 106 valence electrons. The molecular weight excluding hydrogens is 282 g/mol. The average molecular weight is 301 g/mol. The molecule has 0 aliphatic rings. The van der Waals surface area contributed by atoms with Gasteiger partial charge >= 0.3 is 5.97 Å². The standard InChI is InChI=1S/C13H19NO3S2/c1-8(2)10(14-19(17)13(3,4)5)11-9(12(15)16)6-7-18-11/h6-8H,1-5H3,(H,15,16). The van der Waals surface area contributed by atoms with Gasteiger partial charge in [-0.25, -0.2) is 4.79 Å². The molecule has 4 nitrogen and oxygen atoms in total. The number of aromatic carboxylic acids is 1. The zero-order valence-corrected chi connectivity index (χ0v) is 13.4. The molecule has 0 spiro atoms. The molecule has 0 fully saturated rings. The van der Waals surface area contributed by atoms with E-state index in [9.17, 15) is 9.35 Å². The maximum atomic E-state index is 12.1. The number of nitrogens with zero attached hydrogens (tertiary/aromatic N) is 1. The first kappa shape index (κ1) is 16.2. The van der Waals surface area contributed by atoms with Gasteiger partial charge in [0.25, 0.3) is 0 Å². The van der Waals surface area contributed by atoms with Crippen molar-refractivity contribution >= 4 is 34.4 Å². The summed E-state index contributed by atoms with van der Waals surface area (Å²) in [4.78, 5) is 11.8. The summed E-state index contributed by atoms with van der Waals surface area (Å²) in [6.45, 7) is 9.37. The molecule has 6 heteroatoms. The monoisotopic (exact) mass is 301 g/mol. The Morgan fingerprint density at radius 2 is 2.05 bits per heavy atom. The minimum absolute atomic E-state index is 0.0167. The topological polar surface area (TPSA) is 72.7 Å². The number of carboxylic acid groups (broad SMARTS) is 1. The van der Waals surface area contributed by atoms with E-state index in [0.717, 1.165) is 0 Å². The van der Waals surface area contributed by atoms with Crippen molar-refractivity contribution in [2.45, 2.75) is 39.4 Å². The van der Waals surface area contributed by atoms with Crippen molar-refractivity contribution in [3.8, 4) is 0 Å². The van der Waals surface area contributed by atoms with E-state index >= 15 is 0 Å². The van der Waals surface area contributed by atoms with Gasteiger partial charge in [0.2, 0.25) is 0 Å². The van der Waals surface area contributed by atoms with E-state index in [1.54, 1.807) is 11.4 Å². The van der Waals surface area contributed by atoms with Crippen LogP contribution in [0.15, 0.2) is 15.8 Å². The fourth-order valence-corrected chi connectivity index (χ4v) is 3.15. The lowest BCUT2D eigenvalue weighted by Gasteiger charge is -2.20. The zero-order valence-electron chi connectivity index (χ0n) is 11.8. The van der Waals surface area contributed by atoms with Crippen molar-refractivity contribution in [1.29, 1.82) is 0 Å². The Balaban J connectivity index is 3.26. The highest BCUT2D eigenvalue weighted by Gasteiger charge is 2.29. The number of carbonyl (C=O) groups is 1. The molecule has 0 bridgehead atoms. The second-order valence-electron chi connectivity index (χ2n) is 5.46. The molecule has 0 aromatic carbocycles. The second kappa shape index (κ2) is 6.07. The molecule has 0 amide bonds. The maximum absolute atomic E-state index is 12.1. The van der Waals surface area contributed by atoms with Gasteiger partial charge in [-0.2, -0.15) is 0 Å². The van der Waals surface area contributed by atoms with E-state index in [-0.39, 0.29) is 11.5 Å². The van der Waals surface area contributed by atoms with Gasteiger partial charge in [-0.05, 0) is 32.2 Å². The van der Waals surface area contributed by atoms with Crippen LogP contribution >= 0.6 is 11.3 Å². The average Bonchev–Trinajstić information content (AvgIpc) is 2.71. The van der Waals surface area contributed by atoms with Crippen LogP contribution in [-0.2, 0) is 11.4 Å². The van der Waals surface area contributed by atoms with Gasteiger partial charge < -0.3 is 9.66 Å². The SMILES string of the molecule is CC(C)C(=N[S+]([O-])C(C)(C)C)c1sccc1C(=O)O. The van der Waals surface area contributed by atoms with Crippen LogP contribution in [0.5, 0.6) is 0 Å². The highest BCUT2D eigenvalue weighted by molar-refractivity contribution is 7.91. The van der Waals surface area contributed by atoms with Gasteiger partial charge in [-0.3, -0.25) is 0 Å². The lowest BCUT2D eigenvalue weighted by molar-refractivity contribution is 0.0697. The third-order valence-electron chi connectivity index (χ3n) is 2.38. The van der Waals surface area contributed by atoms with E-state index in [0.29, 0.717) is 10.6 Å². The number of hydrogen-bond acceptors (Lipinski definition) is 4. The number of thiophene rings is 1. The summed E-state index contributed by atoms with van der Waals surface area (Å²) < 4.78 is 15.9. The lowest BCUT2D eigenvalue weighted by Crippen LogP contribution is -2.28. The zero-order chi connectivity index (χ0) is 14.8. The summed E-state index contributed by atoms with van der Waals surface area (Å²) >= 11 is -0.0715. The molecular formula is C13H19NO3S2. The third-order valence-corrected chi connectivity index (χ3v) is 4.73. The summed E-state index contributed by atoms with van der Waals surface area (Å²) in [7, 11) is 0. The van der Waals surface area contributed by atoms with Crippen molar-refractivity contribution in [2.75, 3.05) is 0 Å². The summed E-state index contributed by atoms with van der Waals surface area (Å²) in [5.74, 6) is -0.964. The van der Waals surface area contributed by atoms with E-state index in [2.05, 4.69) is 4.40 Å². The largest absolute Gasteiger partial charge is 0.591 e. The number of hydrogen-bond donors (Lipinski definition) is 1. The first-order valence-electron chi connectivity index (χ1n) is 5.96. The first-order chi connectivity index (χ1) is 8.64. The predicted octanol–water partition coefficient (Wildman–Crippen LogP) is 3.35. The molecule has 1 N–H and O–H groups in total. The Morgan fingerprint density at radius 1 is 1.47 bits per heavy atom. The predicted molar refractivity (Wildman–Crippen MR) is 80.5 cm³/mol. The fraction of sp³-hybridized carbons (Fsp3) is 0.538. The molecule has 1 atom stereocenters. The van der Waals surface area contributed by atoms with Gasteiger partial charge in [0, 0.05) is 5.92 Å². The third kappa shape index (κ3) is 4.06. The van der Waals surface area contributed by atoms with Crippen LogP contribution in [-0.4, -0.2) is 26.1 Å². The van der Waals surface area contributed by atoms with Crippen LogP contribution in [0, 0.1) is 5.92 Å². The molecule has 1 aromatic rings. The van der Waals surface area contributed by atoms with Crippen LogP contribution in [0.1, 0.15) is 49.9 Å². The highest BCUT2D eigenvalue weighted by Crippen LogP contribution is 2.25. The minimum atomic E-state index is -1.39. The van der Waals surface area contributed by atoms with Gasteiger partial charge in [-0.1, -0.05) is 18.2 Å². The second-order valence-corrected chi connectivity index (χ2v) is 8.28. The highest BCUT2D eigenvalue weighted by atomic mass is 32.2. The molecule has 0 saturated heterocycles. The lowest BCUT2D eigenvalue weighted by atomic mass is 10.0. The van der Waals surface area contributed by atoms with Crippen LogP contribution in [0.3, 0.4) is 0 Å². The van der Waals surface area contributed by atoms with Gasteiger partial charge in [0.1, 0.15) is 21.8 Å². The molecule has 1 heterocycles. The molecule has 1 aromatic heterocycles. The molecule has 1 rings (SSSR count). The number of carboxylic acids is 1. The Bertz CT molecular complexity index is 486. The minimum Gasteiger partial charge on any atom is -0.591 e. The molecule has 0 aliphatic carbocycles. The fourth-order valence-electron chi connectivity index (χ4n) is 1.31. The summed E-state index contributed by atoms with van der Waals surface area (Å²) in [5.41, 5.74) is 0.823. The van der Waals surface area contributed by atoms with Crippen molar-refractivity contribution < 1.29 is 14.5 Å². The maximum Gasteiger partial charge on any atom is 0.337 e. The van der Waals surface area contributed by atoms with Gasteiger partial charge in [0.15, 0.2) is 0 Å². The van der Waals surface area contributed by atoms with Crippen molar-refractivity contribution in [2.24, 2.45) is 10.3 Å². The van der Waals surface area contributed by atoms with Gasteiger partial charge in [-0.15, -0.1) is 11.3 Å². The molecule has 1 unspecified atom stereocenters. The molecule has 0 radical (unpaired) electrons. The van der Waals surface area contributed by atoms with Crippen LogP contribution in [0.2, 0.25) is 0 Å². The number of rotatable bonds is 4. The molecule has 19 heavy (non-hydrogen) atoms. The van der Waals surface area contributed by atoms with Crippen LogP contribution in [0.4, 0.5) is 0 Å². The summed E-state index contributed by atoms with van der Waals surface area (Å²) in [5, 5.41) is 10.9. The first-order valence-corrected chi connectivity index (χ1v) is 7.95. The Kier molecular flexibility index (Phi) is 5.18. The smallest absolute Gasteiger partial charge is 0.337 e. The van der Waals surface area contributed by atoms with E-state index in [4.69, 9.17) is 5.11 Å². The quantitative estimate of drug-likeness (QED) is 0.684. The normalized spacial score (nSPS) is 14.8. The van der Waals surface area contributed by atoms with Crippen LogP contribution < -0.4 is 0 Å². The van der Waals surface area contributed by atoms with Crippen LogP contribution in [0.25, 0.3) is 0 Å². The van der Waals surface area contributed by atoms with E-state index < -0.39 is 22.1 Å². The summed E-state index contributed by atoms with van der Waals surface area (Å²) in [6.07, 6.45) is 0. The van der Waals surface area contributed by atoms with E-state index in [1.165, 1.54) is 11.3 Å². The van der Waals surface area contributed by atoms with Crippen molar-refractivity contribution in [3.63, 3.8) is 0 Å². The Labute approximate surface area is 120 Å². The molecule has 0 aliphatic heterocycles. The van der Waals surface area contributed by atoms with Gasteiger partial charge in [0.05, 0.1) is 10.4 Å². The Morgan fingerprint density at radius 3 is 2.47 bits per heavy atom. The van der Waals surface area contributed by atoms with Crippen molar-refractivity contribution in [1.82, 2.24) is 0 Å². The van der Waals surface area contributed by atoms with Crippen molar-refractivity contribution in [3.05, 3.63) is 21.9 Å². The molecule has 0 saturated carbocycles.